The maximum atomic E-state index is 12.6. The number of aryl methyl sites for hydroxylation is 1. The molecular weight excluding hydrogens is 388 g/mol. The van der Waals surface area contributed by atoms with Crippen LogP contribution in [0.2, 0.25) is 5.02 Å². The zero-order chi connectivity index (χ0) is 20.4. The molecule has 1 saturated heterocycles. The van der Waals surface area contributed by atoms with Gasteiger partial charge in [0.2, 0.25) is 5.91 Å². The number of hydrogen-bond donors (Lipinski definition) is 0. The lowest BCUT2D eigenvalue weighted by atomic mass is 10.1. The van der Waals surface area contributed by atoms with Crippen LogP contribution in [0.4, 0.5) is 0 Å². The van der Waals surface area contributed by atoms with Crippen LogP contribution in [-0.4, -0.2) is 49.0 Å². The Morgan fingerprint density at radius 3 is 2.66 bits per heavy atom. The summed E-state index contributed by atoms with van der Waals surface area (Å²) < 4.78 is 11.4. The molecule has 1 aliphatic carbocycles. The van der Waals surface area contributed by atoms with Gasteiger partial charge in [0, 0.05) is 62.1 Å². The van der Waals surface area contributed by atoms with E-state index >= 15 is 0 Å². The number of nitrogens with zero attached hydrogens (tertiary/aromatic N) is 2. The maximum Gasteiger partial charge on any atom is 0.223 e. The zero-order valence-corrected chi connectivity index (χ0v) is 18.0. The second-order valence-electron chi connectivity index (χ2n) is 8.24. The number of hydrogen-bond acceptors (Lipinski definition) is 4. The fourth-order valence-electron chi connectivity index (χ4n) is 4.10. The molecule has 0 N–H and O–H groups in total. The van der Waals surface area contributed by atoms with Gasteiger partial charge < -0.3 is 14.1 Å². The first-order valence-electron chi connectivity index (χ1n) is 10.4. The Bertz CT molecular complexity index is 858. The van der Waals surface area contributed by atoms with Crippen molar-refractivity contribution in [1.29, 1.82) is 0 Å². The summed E-state index contributed by atoms with van der Waals surface area (Å²) in [6.45, 7) is 6.24. The highest BCUT2D eigenvalue weighted by Crippen LogP contribution is 2.47. The normalized spacial score (nSPS) is 22.0. The average Bonchev–Trinajstić information content (AvgIpc) is 3.26. The third-order valence-electron chi connectivity index (χ3n) is 6.10. The van der Waals surface area contributed by atoms with Gasteiger partial charge in [-0.25, -0.2) is 0 Å². The summed E-state index contributed by atoms with van der Waals surface area (Å²) in [5.41, 5.74) is 1.08. The van der Waals surface area contributed by atoms with Crippen LogP contribution in [0.15, 0.2) is 34.7 Å². The third-order valence-corrected chi connectivity index (χ3v) is 6.34. The number of benzene rings is 1. The Hall–Kier alpha value is -1.98. The first-order valence-corrected chi connectivity index (χ1v) is 10.8. The van der Waals surface area contributed by atoms with Gasteiger partial charge >= 0.3 is 0 Å². The van der Waals surface area contributed by atoms with Gasteiger partial charge in [-0.3, -0.25) is 9.69 Å². The van der Waals surface area contributed by atoms with Gasteiger partial charge in [0.05, 0.1) is 7.11 Å². The quantitative estimate of drug-likeness (QED) is 0.673. The Balaban J connectivity index is 1.23. The van der Waals surface area contributed by atoms with Crippen LogP contribution in [0.1, 0.15) is 42.8 Å². The molecule has 1 saturated carbocycles. The highest BCUT2D eigenvalue weighted by Gasteiger charge is 2.36. The maximum absolute atomic E-state index is 12.6. The van der Waals surface area contributed by atoms with Crippen molar-refractivity contribution in [1.82, 2.24) is 9.80 Å². The molecule has 5 nitrogen and oxygen atoms in total. The number of furan rings is 1. The van der Waals surface area contributed by atoms with Crippen LogP contribution >= 0.6 is 11.6 Å². The molecule has 2 unspecified atom stereocenters. The zero-order valence-electron chi connectivity index (χ0n) is 17.2. The lowest BCUT2D eigenvalue weighted by Crippen LogP contribution is -2.48. The molecule has 4 rings (SSSR count). The number of ether oxygens (including phenoxy) is 1. The van der Waals surface area contributed by atoms with E-state index < -0.39 is 0 Å². The molecule has 0 radical (unpaired) electrons. The van der Waals surface area contributed by atoms with Crippen LogP contribution in [0, 0.1) is 5.92 Å². The Labute approximate surface area is 177 Å². The summed E-state index contributed by atoms with van der Waals surface area (Å²) in [4.78, 5) is 16.9. The van der Waals surface area contributed by atoms with Crippen molar-refractivity contribution >= 4 is 17.5 Å². The van der Waals surface area contributed by atoms with Crippen molar-refractivity contribution in [3.05, 3.63) is 52.4 Å². The molecule has 2 aromatic rings. The van der Waals surface area contributed by atoms with Gasteiger partial charge in [-0.05, 0) is 42.7 Å². The smallest absolute Gasteiger partial charge is 0.223 e. The van der Waals surface area contributed by atoms with E-state index in [4.69, 9.17) is 20.8 Å². The molecule has 0 spiro atoms. The lowest BCUT2D eigenvalue weighted by molar-refractivity contribution is -0.133. The molecule has 0 bridgehead atoms. The number of carbonyl (C=O) groups is 1. The first kappa shape index (κ1) is 20.3. The minimum absolute atomic E-state index is 0.211. The highest BCUT2D eigenvalue weighted by molar-refractivity contribution is 6.30. The summed E-state index contributed by atoms with van der Waals surface area (Å²) in [5.74, 6) is 4.41. The van der Waals surface area contributed by atoms with Crippen molar-refractivity contribution in [2.75, 3.05) is 33.3 Å². The molecule has 2 atom stereocenters. The van der Waals surface area contributed by atoms with E-state index in [2.05, 4.69) is 17.9 Å². The molecule has 29 heavy (non-hydrogen) atoms. The highest BCUT2D eigenvalue weighted by atomic mass is 35.5. The van der Waals surface area contributed by atoms with Gasteiger partial charge in [-0.15, -0.1) is 0 Å². The number of amides is 1. The third kappa shape index (κ3) is 4.96. The Morgan fingerprint density at radius 2 is 1.97 bits per heavy atom. The average molecular weight is 417 g/mol. The Morgan fingerprint density at radius 1 is 1.21 bits per heavy atom. The van der Waals surface area contributed by atoms with Gasteiger partial charge in [-0.2, -0.15) is 0 Å². The molecule has 2 heterocycles. The summed E-state index contributed by atoms with van der Waals surface area (Å²) >= 11 is 6.14. The van der Waals surface area contributed by atoms with Crippen molar-refractivity contribution in [2.24, 2.45) is 5.92 Å². The molecule has 1 aromatic carbocycles. The van der Waals surface area contributed by atoms with Gasteiger partial charge in [0.1, 0.15) is 17.3 Å². The monoisotopic (exact) mass is 416 g/mol. The molecule has 1 amide bonds. The summed E-state index contributed by atoms with van der Waals surface area (Å²) in [6.07, 6.45) is 2.41. The van der Waals surface area contributed by atoms with Gasteiger partial charge in [-0.1, -0.05) is 18.5 Å². The predicted molar refractivity (Wildman–Crippen MR) is 113 cm³/mol. The molecule has 1 aliphatic heterocycles. The number of halogens is 1. The van der Waals surface area contributed by atoms with E-state index in [1.807, 2.05) is 29.2 Å². The number of piperazine rings is 1. The van der Waals surface area contributed by atoms with E-state index in [9.17, 15) is 4.79 Å². The van der Waals surface area contributed by atoms with Gasteiger partial charge in [0.15, 0.2) is 0 Å². The van der Waals surface area contributed by atoms with Crippen molar-refractivity contribution in [2.45, 2.75) is 38.6 Å². The molecule has 2 aliphatic rings. The standard InChI is InChI=1S/C23H29ClN2O3/c1-16-13-20(16)22-7-4-19(29-22)5-8-23(27)26-11-9-25(10-12-26)15-17-14-18(24)3-6-21(17)28-2/h3-4,6-7,14,16,20H,5,8-13,15H2,1-2H3. The van der Waals surface area contributed by atoms with Crippen LogP contribution in [0.3, 0.4) is 0 Å². The minimum Gasteiger partial charge on any atom is -0.496 e. The van der Waals surface area contributed by atoms with E-state index in [0.29, 0.717) is 23.8 Å². The fraction of sp³-hybridized carbons (Fsp3) is 0.522. The fourth-order valence-corrected chi connectivity index (χ4v) is 4.30. The molecule has 156 valence electrons. The number of rotatable bonds is 7. The van der Waals surface area contributed by atoms with Gasteiger partial charge in [0.25, 0.3) is 0 Å². The second kappa shape index (κ2) is 8.80. The van der Waals surface area contributed by atoms with Crippen LogP contribution in [0.5, 0.6) is 5.75 Å². The first-order chi connectivity index (χ1) is 14.0. The second-order valence-corrected chi connectivity index (χ2v) is 8.67. The SMILES string of the molecule is COc1ccc(Cl)cc1CN1CCN(C(=O)CCc2ccc(C3CC3C)o2)CC1. The summed E-state index contributed by atoms with van der Waals surface area (Å²) in [7, 11) is 1.68. The summed E-state index contributed by atoms with van der Waals surface area (Å²) in [5, 5.41) is 0.715. The molecule has 6 heteroatoms. The van der Waals surface area contributed by atoms with E-state index in [1.54, 1.807) is 7.11 Å². The van der Waals surface area contributed by atoms with Crippen LogP contribution in [-0.2, 0) is 17.8 Å². The van der Waals surface area contributed by atoms with Crippen LogP contribution < -0.4 is 4.74 Å². The number of methoxy groups -OCH3 is 1. The predicted octanol–water partition coefficient (Wildman–Crippen LogP) is 4.34. The van der Waals surface area contributed by atoms with E-state index in [-0.39, 0.29) is 5.91 Å². The van der Waals surface area contributed by atoms with Crippen molar-refractivity contribution < 1.29 is 13.9 Å². The topological polar surface area (TPSA) is 45.9 Å². The number of carbonyl (C=O) groups excluding carboxylic acids is 1. The van der Waals surface area contributed by atoms with E-state index in [1.165, 1.54) is 6.42 Å². The molecular formula is C23H29ClN2O3. The van der Waals surface area contributed by atoms with Crippen molar-refractivity contribution in [3.63, 3.8) is 0 Å². The van der Waals surface area contributed by atoms with Crippen molar-refractivity contribution in [3.8, 4) is 5.75 Å². The van der Waals surface area contributed by atoms with Crippen LogP contribution in [0.25, 0.3) is 0 Å². The Kier molecular flexibility index (Phi) is 6.16. The molecule has 1 aromatic heterocycles. The lowest BCUT2D eigenvalue weighted by Gasteiger charge is -2.35. The largest absolute Gasteiger partial charge is 0.496 e. The molecule has 2 fully saturated rings. The minimum atomic E-state index is 0.211. The van der Waals surface area contributed by atoms with E-state index in [0.717, 1.165) is 61.5 Å². The summed E-state index contributed by atoms with van der Waals surface area (Å²) in [6, 6.07) is 9.81.